The Bertz CT molecular complexity index is 804. The van der Waals surface area contributed by atoms with E-state index in [0.717, 1.165) is 5.56 Å². The molecule has 0 amide bonds. The number of carbonyl (C=O) groups is 1. The number of benzene rings is 1. The van der Waals surface area contributed by atoms with Gasteiger partial charge in [-0.2, -0.15) is 0 Å². The van der Waals surface area contributed by atoms with Crippen molar-refractivity contribution in [2.75, 3.05) is 11.8 Å². The van der Waals surface area contributed by atoms with Crippen molar-refractivity contribution >= 4 is 37.7 Å². The molecule has 0 radical (unpaired) electrons. The third-order valence-electron chi connectivity index (χ3n) is 2.80. The van der Waals surface area contributed by atoms with Crippen molar-refractivity contribution in [3.63, 3.8) is 0 Å². The number of nitrogens with zero attached hydrogens (tertiary/aromatic N) is 1. The molecule has 1 aromatic heterocycles. The Labute approximate surface area is 136 Å². The molecule has 6 nitrogen and oxygen atoms in total. The second-order valence-corrected chi connectivity index (χ2v) is 6.97. The van der Waals surface area contributed by atoms with E-state index in [2.05, 4.69) is 30.4 Å². The fourth-order valence-electron chi connectivity index (χ4n) is 1.64. The number of halogens is 1. The zero-order chi connectivity index (χ0) is 16.3. The molecule has 0 aliphatic carbocycles. The standard InChI is InChI=1S/C14H13BrN2O4S/c1-9-3-5-10(6-4-9)22(19,20)17-13-11(15)7-8-12(16-13)14(18)21-2/h3-8H,1-2H3,(H,16,17). The number of aryl methyl sites for hydroxylation is 1. The van der Waals surface area contributed by atoms with Crippen molar-refractivity contribution in [3.05, 3.63) is 52.1 Å². The zero-order valence-electron chi connectivity index (χ0n) is 11.8. The fourth-order valence-corrected chi connectivity index (χ4v) is 3.11. The van der Waals surface area contributed by atoms with E-state index in [1.54, 1.807) is 12.1 Å². The molecule has 0 fully saturated rings. The molecule has 1 heterocycles. The van der Waals surface area contributed by atoms with Gasteiger partial charge >= 0.3 is 5.97 Å². The average Bonchev–Trinajstić information content (AvgIpc) is 2.49. The normalized spacial score (nSPS) is 11.0. The molecule has 22 heavy (non-hydrogen) atoms. The summed E-state index contributed by atoms with van der Waals surface area (Å²) in [5, 5.41) is 0. The van der Waals surface area contributed by atoms with Gasteiger partial charge in [0.2, 0.25) is 0 Å². The zero-order valence-corrected chi connectivity index (χ0v) is 14.2. The number of carbonyl (C=O) groups excluding carboxylic acids is 1. The summed E-state index contributed by atoms with van der Waals surface area (Å²) in [6.07, 6.45) is 0. The van der Waals surface area contributed by atoms with Gasteiger partial charge in [-0.05, 0) is 47.1 Å². The van der Waals surface area contributed by atoms with Crippen LogP contribution in [0, 0.1) is 6.92 Å². The molecule has 116 valence electrons. The summed E-state index contributed by atoms with van der Waals surface area (Å²) < 4.78 is 32.0. The van der Waals surface area contributed by atoms with Crippen molar-refractivity contribution in [3.8, 4) is 0 Å². The van der Waals surface area contributed by atoms with Crippen molar-refractivity contribution in [2.24, 2.45) is 0 Å². The number of anilines is 1. The molecule has 0 unspecified atom stereocenters. The Morgan fingerprint density at radius 3 is 2.41 bits per heavy atom. The summed E-state index contributed by atoms with van der Waals surface area (Å²) in [5.74, 6) is -0.633. The van der Waals surface area contributed by atoms with Crippen LogP contribution in [0.4, 0.5) is 5.82 Å². The van der Waals surface area contributed by atoms with Gasteiger partial charge in [0, 0.05) is 0 Å². The van der Waals surface area contributed by atoms with Crippen molar-refractivity contribution in [1.29, 1.82) is 0 Å². The molecule has 2 rings (SSSR count). The number of methoxy groups -OCH3 is 1. The Morgan fingerprint density at radius 1 is 1.18 bits per heavy atom. The van der Waals surface area contributed by atoms with E-state index >= 15 is 0 Å². The molecular formula is C14H13BrN2O4S. The topological polar surface area (TPSA) is 85.4 Å². The molecule has 0 spiro atoms. The van der Waals surface area contributed by atoms with Crippen LogP contribution in [0.1, 0.15) is 16.1 Å². The minimum atomic E-state index is -3.80. The number of hydrogen-bond donors (Lipinski definition) is 1. The van der Waals surface area contributed by atoms with Crippen LogP contribution in [0.2, 0.25) is 0 Å². The first-order chi connectivity index (χ1) is 10.3. The predicted octanol–water partition coefficient (Wildman–Crippen LogP) is 2.74. The van der Waals surface area contributed by atoms with Crippen LogP contribution in [-0.4, -0.2) is 26.5 Å². The Morgan fingerprint density at radius 2 is 1.82 bits per heavy atom. The monoisotopic (exact) mass is 384 g/mol. The third-order valence-corrected chi connectivity index (χ3v) is 4.80. The number of ether oxygens (including phenoxy) is 1. The maximum atomic E-state index is 12.3. The molecular weight excluding hydrogens is 372 g/mol. The van der Waals surface area contributed by atoms with Gasteiger partial charge in [0.25, 0.3) is 10.0 Å². The van der Waals surface area contributed by atoms with E-state index in [4.69, 9.17) is 0 Å². The minimum Gasteiger partial charge on any atom is -0.464 e. The highest BCUT2D eigenvalue weighted by molar-refractivity contribution is 9.10. The third kappa shape index (κ3) is 3.63. The quantitative estimate of drug-likeness (QED) is 0.819. The first-order valence-corrected chi connectivity index (χ1v) is 8.45. The average molecular weight is 385 g/mol. The molecule has 0 atom stereocenters. The Kier molecular flexibility index (Phi) is 4.82. The molecule has 0 aliphatic rings. The number of esters is 1. The van der Waals surface area contributed by atoms with Gasteiger partial charge in [-0.1, -0.05) is 17.7 Å². The van der Waals surface area contributed by atoms with Gasteiger partial charge in [0.1, 0.15) is 0 Å². The van der Waals surface area contributed by atoms with Crippen molar-refractivity contribution in [1.82, 2.24) is 4.98 Å². The second-order valence-electron chi connectivity index (χ2n) is 4.44. The van der Waals surface area contributed by atoms with E-state index in [9.17, 15) is 13.2 Å². The van der Waals surface area contributed by atoms with Crippen LogP contribution in [0.25, 0.3) is 0 Å². The Hall–Kier alpha value is -1.93. The van der Waals surface area contributed by atoms with Crippen molar-refractivity contribution < 1.29 is 17.9 Å². The van der Waals surface area contributed by atoms with Gasteiger partial charge < -0.3 is 4.74 Å². The number of rotatable bonds is 4. The first-order valence-electron chi connectivity index (χ1n) is 6.18. The summed E-state index contributed by atoms with van der Waals surface area (Å²) in [5.41, 5.74) is 0.957. The van der Waals surface area contributed by atoms with E-state index in [0.29, 0.717) is 4.47 Å². The van der Waals surface area contributed by atoms with E-state index in [1.807, 2.05) is 6.92 Å². The molecule has 0 bridgehead atoms. The van der Waals surface area contributed by atoms with E-state index < -0.39 is 16.0 Å². The second kappa shape index (κ2) is 6.45. The number of sulfonamides is 1. The molecule has 0 saturated heterocycles. The minimum absolute atomic E-state index is 0.00676. The van der Waals surface area contributed by atoms with Crippen LogP contribution in [0.15, 0.2) is 45.8 Å². The number of pyridine rings is 1. The summed E-state index contributed by atoms with van der Waals surface area (Å²) >= 11 is 3.20. The van der Waals surface area contributed by atoms with Crippen LogP contribution in [-0.2, 0) is 14.8 Å². The smallest absolute Gasteiger partial charge is 0.356 e. The van der Waals surface area contributed by atoms with Crippen LogP contribution < -0.4 is 4.72 Å². The lowest BCUT2D eigenvalue weighted by molar-refractivity contribution is 0.0594. The lowest BCUT2D eigenvalue weighted by atomic mass is 10.2. The maximum Gasteiger partial charge on any atom is 0.356 e. The number of nitrogens with one attached hydrogen (secondary N) is 1. The van der Waals surface area contributed by atoms with E-state index in [-0.39, 0.29) is 16.4 Å². The van der Waals surface area contributed by atoms with Gasteiger partial charge in [-0.25, -0.2) is 18.2 Å². The lowest BCUT2D eigenvalue weighted by Gasteiger charge is -2.10. The van der Waals surface area contributed by atoms with Gasteiger partial charge in [-0.15, -0.1) is 0 Å². The lowest BCUT2D eigenvalue weighted by Crippen LogP contribution is -2.16. The Balaban J connectivity index is 2.37. The highest BCUT2D eigenvalue weighted by Crippen LogP contribution is 2.23. The van der Waals surface area contributed by atoms with Crippen molar-refractivity contribution in [2.45, 2.75) is 11.8 Å². The SMILES string of the molecule is COC(=O)c1ccc(Br)c(NS(=O)(=O)c2ccc(C)cc2)n1. The van der Waals surface area contributed by atoms with Crippen LogP contribution in [0.5, 0.6) is 0 Å². The summed E-state index contributed by atoms with van der Waals surface area (Å²) in [6.45, 7) is 1.86. The predicted molar refractivity (Wildman–Crippen MR) is 85.3 cm³/mol. The summed E-state index contributed by atoms with van der Waals surface area (Å²) in [4.78, 5) is 15.5. The molecule has 1 aromatic carbocycles. The molecule has 2 aromatic rings. The highest BCUT2D eigenvalue weighted by Gasteiger charge is 2.18. The molecule has 0 aliphatic heterocycles. The van der Waals surface area contributed by atoms with Gasteiger partial charge in [-0.3, -0.25) is 4.72 Å². The number of aromatic nitrogens is 1. The fraction of sp³-hybridized carbons (Fsp3) is 0.143. The van der Waals surface area contributed by atoms with Crippen LogP contribution in [0.3, 0.4) is 0 Å². The summed E-state index contributed by atoms with van der Waals surface area (Å²) in [6, 6.07) is 9.33. The first kappa shape index (κ1) is 16.4. The maximum absolute atomic E-state index is 12.3. The van der Waals surface area contributed by atoms with Gasteiger partial charge in [0.15, 0.2) is 11.5 Å². The largest absolute Gasteiger partial charge is 0.464 e. The number of hydrogen-bond acceptors (Lipinski definition) is 5. The highest BCUT2D eigenvalue weighted by atomic mass is 79.9. The molecule has 1 N–H and O–H groups in total. The molecule has 8 heteroatoms. The van der Waals surface area contributed by atoms with E-state index in [1.165, 1.54) is 31.4 Å². The van der Waals surface area contributed by atoms with Crippen LogP contribution >= 0.6 is 15.9 Å². The van der Waals surface area contributed by atoms with Gasteiger partial charge in [0.05, 0.1) is 16.5 Å². The molecule has 0 saturated carbocycles. The summed E-state index contributed by atoms with van der Waals surface area (Å²) in [7, 11) is -2.57.